The molecule has 0 spiro atoms. The molecule has 0 saturated carbocycles. The van der Waals surface area contributed by atoms with Crippen LogP contribution in [-0.2, 0) is 9.84 Å². The van der Waals surface area contributed by atoms with Crippen LogP contribution < -0.4 is 10.6 Å². The Kier molecular flexibility index (Phi) is 12.1. The fraction of sp³-hybridized carbons (Fsp3) is 0.611. The van der Waals surface area contributed by atoms with Crippen LogP contribution >= 0.6 is 24.0 Å². The van der Waals surface area contributed by atoms with Gasteiger partial charge in [0.25, 0.3) is 0 Å². The zero-order valence-electron chi connectivity index (χ0n) is 16.4. The van der Waals surface area contributed by atoms with Gasteiger partial charge in [0.2, 0.25) is 0 Å². The summed E-state index contributed by atoms with van der Waals surface area (Å²) in [4.78, 5) is 6.89. The topological polar surface area (TPSA) is 73.8 Å². The first-order chi connectivity index (χ1) is 11.8. The van der Waals surface area contributed by atoms with Gasteiger partial charge in [-0.15, -0.1) is 24.0 Å². The van der Waals surface area contributed by atoms with Crippen molar-refractivity contribution >= 4 is 39.8 Å². The Hall–Kier alpha value is -0.870. The smallest absolute Gasteiger partial charge is 0.191 e. The second-order valence-corrected chi connectivity index (χ2v) is 8.59. The van der Waals surface area contributed by atoms with Gasteiger partial charge in [-0.05, 0) is 39.8 Å². The van der Waals surface area contributed by atoms with Crippen molar-refractivity contribution in [2.24, 2.45) is 4.99 Å². The van der Waals surface area contributed by atoms with Gasteiger partial charge in [0.1, 0.15) is 0 Å². The minimum atomic E-state index is -3.27. The summed E-state index contributed by atoms with van der Waals surface area (Å²) in [5.41, 5.74) is 0. The van der Waals surface area contributed by atoms with Crippen LogP contribution in [0.2, 0.25) is 0 Å². The van der Waals surface area contributed by atoms with E-state index in [0.29, 0.717) is 29.5 Å². The van der Waals surface area contributed by atoms with Gasteiger partial charge in [0.15, 0.2) is 15.8 Å². The second kappa shape index (κ2) is 12.5. The molecule has 0 aromatic heterocycles. The summed E-state index contributed by atoms with van der Waals surface area (Å²) in [6, 6.07) is 9.47. The van der Waals surface area contributed by atoms with E-state index in [2.05, 4.69) is 48.2 Å². The van der Waals surface area contributed by atoms with Crippen LogP contribution in [0.3, 0.4) is 0 Å². The summed E-state index contributed by atoms with van der Waals surface area (Å²) < 4.78 is 24.5. The van der Waals surface area contributed by atoms with E-state index >= 15 is 0 Å². The third-order valence-corrected chi connectivity index (χ3v) is 5.71. The molecule has 1 rings (SSSR count). The maximum Gasteiger partial charge on any atom is 0.191 e. The molecule has 0 atom stereocenters. The molecule has 0 unspecified atom stereocenters. The lowest BCUT2D eigenvalue weighted by molar-refractivity contribution is 0.178. The lowest BCUT2D eigenvalue weighted by atomic mass is 10.2. The maximum atomic E-state index is 12.2. The van der Waals surface area contributed by atoms with Gasteiger partial charge in [-0.3, -0.25) is 9.89 Å². The highest BCUT2D eigenvalue weighted by atomic mass is 127. The molecule has 0 bridgehead atoms. The standard InChI is InChI=1S/C18H32N4O2S.HI/c1-15(2)22(16(3)4)13-11-20-18(19-5)21-12-14-25(23,24)17-9-7-6-8-10-17;/h6-10,15-16H,11-14H2,1-5H3,(H2,19,20,21);1H. The van der Waals surface area contributed by atoms with E-state index in [4.69, 9.17) is 0 Å². The average molecular weight is 496 g/mol. The summed E-state index contributed by atoms with van der Waals surface area (Å²) in [6.45, 7) is 10.7. The number of halogens is 1. The average Bonchev–Trinajstić information content (AvgIpc) is 2.57. The first kappa shape index (κ1) is 25.1. The minimum absolute atomic E-state index is 0. The van der Waals surface area contributed by atoms with Gasteiger partial charge in [0.05, 0.1) is 10.6 Å². The van der Waals surface area contributed by atoms with Crippen LogP contribution in [0.4, 0.5) is 0 Å². The van der Waals surface area contributed by atoms with E-state index in [9.17, 15) is 8.42 Å². The quantitative estimate of drug-likeness (QED) is 0.312. The summed E-state index contributed by atoms with van der Waals surface area (Å²) in [5, 5.41) is 6.31. The van der Waals surface area contributed by atoms with E-state index in [1.807, 2.05) is 0 Å². The van der Waals surface area contributed by atoms with Crippen LogP contribution in [0.1, 0.15) is 27.7 Å². The number of aliphatic imine (C=N–C) groups is 1. The Morgan fingerprint density at radius 3 is 2.08 bits per heavy atom. The van der Waals surface area contributed by atoms with Gasteiger partial charge in [-0.25, -0.2) is 8.42 Å². The number of hydrogen-bond acceptors (Lipinski definition) is 4. The SMILES string of the molecule is CN=C(NCCN(C(C)C)C(C)C)NCCS(=O)(=O)c1ccccc1.I. The molecule has 2 N–H and O–H groups in total. The van der Waals surface area contributed by atoms with E-state index in [1.165, 1.54) is 0 Å². The largest absolute Gasteiger partial charge is 0.355 e. The molecule has 0 saturated heterocycles. The lowest BCUT2D eigenvalue weighted by Gasteiger charge is -2.30. The number of guanidine groups is 1. The number of nitrogens with zero attached hydrogens (tertiary/aromatic N) is 2. The van der Waals surface area contributed by atoms with Crippen LogP contribution in [0, 0.1) is 0 Å². The molecule has 0 radical (unpaired) electrons. The Bertz CT molecular complexity index is 626. The number of nitrogens with one attached hydrogen (secondary N) is 2. The third-order valence-electron chi connectivity index (χ3n) is 3.98. The van der Waals surface area contributed by atoms with E-state index in [-0.39, 0.29) is 29.7 Å². The predicted octanol–water partition coefficient (Wildman–Crippen LogP) is 2.36. The van der Waals surface area contributed by atoms with Crippen LogP contribution in [0.25, 0.3) is 0 Å². The first-order valence-corrected chi connectivity index (χ1v) is 10.4. The van der Waals surface area contributed by atoms with Gasteiger partial charge < -0.3 is 10.6 Å². The molecule has 1 aromatic rings. The maximum absolute atomic E-state index is 12.2. The molecule has 8 heteroatoms. The first-order valence-electron chi connectivity index (χ1n) is 8.76. The fourth-order valence-electron chi connectivity index (χ4n) is 2.69. The van der Waals surface area contributed by atoms with E-state index in [0.717, 1.165) is 13.1 Å². The van der Waals surface area contributed by atoms with Crippen molar-refractivity contribution in [1.29, 1.82) is 0 Å². The molecular weight excluding hydrogens is 463 g/mol. The Labute approximate surface area is 175 Å². The molecule has 26 heavy (non-hydrogen) atoms. The highest BCUT2D eigenvalue weighted by Gasteiger charge is 2.14. The molecule has 0 aliphatic heterocycles. The van der Waals surface area contributed by atoms with Crippen molar-refractivity contribution in [1.82, 2.24) is 15.5 Å². The van der Waals surface area contributed by atoms with Gasteiger partial charge in [-0.2, -0.15) is 0 Å². The van der Waals surface area contributed by atoms with Crippen molar-refractivity contribution in [3.63, 3.8) is 0 Å². The van der Waals surface area contributed by atoms with Crippen molar-refractivity contribution in [3.05, 3.63) is 30.3 Å². The number of sulfone groups is 1. The lowest BCUT2D eigenvalue weighted by Crippen LogP contribution is -2.46. The predicted molar refractivity (Wildman–Crippen MR) is 120 cm³/mol. The Morgan fingerprint density at radius 1 is 1.04 bits per heavy atom. The van der Waals surface area contributed by atoms with Gasteiger partial charge in [0, 0.05) is 38.8 Å². The van der Waals surface area contributed by atoms with Crippen molar-refractivity contribution < 1.29 is 8.42 Å². The van der Waals surface area contributed by atoms with E-state index in [1.54, 1.807) is 37.4 Å². The Balaban J connectivity index is 0.00000625. The summed E-state index contributed by atoms with van der Waals surface area (Å²) in [7, 11) is -1.59. The number of benzene rings is 1. The zero-order chi connectivity index (χ0) is 18.9. The van der Waals surface area contributed by atoms with Crippen molar-refractivity contribution in [3.8, 4) is 0 Å². The normalized spacial score (nSPS) is 12.4. The second-order valence-electron chi connectivity index (χ2n) is 6.48. The van der Waals surface area contributed by atoms with Crippen LogP contribution in [-0.4, -0.2) is 63.8 Å². The molecule has 1 aromatic carbocycles. The molecular formula is C18H33IN4O2S. The van der Waals surface area contributed by atoms with Gasteiger partial charge >= 0.3 is 0 Å². The monoisotopic (exact) mass is 496 g/mol. The van der Waals surface area contributed by atoms with Crippen molar-refractivity contribution in [2.45, 2.75) is 44.7 Å². The van der Waals surface area contributed by atoms with Crippen molar-refractivity contribution in [2.75, 3.05) is 32.4 Å². The van der Waals surface area contributed by atoms with E-state index < -0.39 is 9.84 Å². The molecule has 0 aliphatic rings. The Morgan fingerprint density at radius 2 is 1.58 bits per heavy atom. The van der Waals surface area contributed by atoms with Crippen LogP contribution in [0.5, 0.6) is 0 Å². The molecule has 0 aliphatic carbocycles. The highest BCUT2D eigenvalue weighted by Crippen LogP contribution is 2.09. The zero-order valence-corrected chi connectivity index (χ0v) is 19.5. The third kappa shape index (κ3) is 8.68. The number of rotatable bonds is 9. The van der Waals surface area contributed by atoms with Crippen LogP contribution in [0.15, 0.2) is 40.2 Å². The summed E-state index contributed by atoms with van der Waals surface area (Å²) in [5.74, 6) is 0.651. The minimum Gasteiger partial charge on any atom is -0.355 e. The van der Waals surface area contributed by atoms with Gasteiger partial charge in [-0.1, -0.05) is 18.2 Å². The molecule has 6 nitrogen and oxygen atoms in total. The molecule has 0 heterocycles. The molecule has 150 valence electrons. The summed E-state index contributed by atoms with van der Waals surface area (Å²) in [6.07, 6.45) is 0. The highest BCUT2D eigenvalue weighted by molar-refractivity contribution is 14.0. The molecule has 0 amide bonds. The fourth-order valence-corrected chi connectivity index (χ4v) is 3.86. The molecule has 0 fully saturated rings. The number of hydrogen-bond donors (Lipinski definition) is 2. The summed E-state index contributed by atoms with van der Waals surface area (Å²) >= 11 is 0.